The first-order valence-electron chi connectivity index (χ1n) is 13.9. The number of hydrogen-bond donors (Lipinski definition) is 2. The third kappa shape index (κ3) is 3.00. The van der Waals surface area contributed by atoms with Crippen molar-refractivity contribution in [2.75, 3.05) is 0 Å². The number of amides is 1. The minimum Gasteiger partial charge on any atom is -0.460 e. The molecule has 4 unspecified atom stereocenters. The van der Waals surface area contributed by atoms with Crippen LogP contribution in [-0.4, -0.2) is 39.8 Å². The van der Waals surface area contributed by atoms with Crippen molar-refractivity contribution in [3.63, 3.8) is 0 Å². The van der Waals surface area contributed by atoms with E-state index in [0.29, 0.717) is 30.7 Å². The number of rotatable bonds is 7. The maximum atomic E-state index is 13.5. The smallest absolute Gasteiger partial charge is 0.337 e. The molecule has 7 nitrogen and oxygen atoms in total. The number of epoxide rings is 1. The van der Waals surface area contributed by atoms with E-state index < -0.39 is 35.2 Å². The summed E-state index contributed by atoms with van der Waals surface area (Å²) in [4.78, 5) is 30.0. The number of carbonyl (C=O) groups excluding carboxylic acids is 2. The highest BCUT2D eigenvalue weighted by molar-refractivity contribution is 5.80. The molecule has 2 aromatic rings. The van der Waals surface area contributed by atoms with Crippen LogP contribution >= 0.6 is 0 Å². The highest BCUT2D eigenvalue weighted by Crippen LogP contribution is 2.89. The normalized spacial score (nSPS) is 36.8. The van der Waals surface area contributed by atoms with Crippen LogP contribution in [0, 0.1) is 16.7 Å². The van der Waals surface area contributed by atoms with Gasteiger partial charge in [-0.15, -0.1) is 0 Å². The van der Waals surface area contributed by atoms with Crippen LogP contribution in [0.15, 0.2) is 48.8 Å². The van der Waals surface area contributed by atoms with E-state index in [9.17, 15) is 14.7 Å². The largest absolute Gasteiger partial charge is 0.460 e. The SMILES string of the molecule is CCCC(=O)N[C@@H](c1ccncc1)[C@@H](O)C(=O)OC1CC2C(C)(C)C1(C)[C@@]13CC(C)c4ccccc4[C@@]21O3. The average Bonchev–Trinajstić information content (AvgIpc) is 3.53. The molecule has 1 aromatic heterocycles. The van der Waals surface area contributed by atoms with E-state index in [-0.39, 0.29) is 22.8 Å². The third-order valence-electron chi connectivity index (χ3n) is 10.7. The summed E-state index contributed by atoms with van der Waals surface area (Å²) in [6.45, 7) is 10.9. The fourth-order valence-electron chi connectivity index (χ4n) is 8.64. The van der Waals surface area contributed by atoms with Crippen molar-refractivity contribution in [2.45, 2.75) is 95.7 Å². The first kappa shape index (κ1) is 25.5. The van der Waals surface area contributed by atoms with Crippen LogP contribution in [0.25, 0.3) is 0 Å². The summed E-state index contributed by atoms with van der Waals surface area (Å²) < 4.78 is 13.1. The Labute approximate surface area is 224 Å². The second kappa shape index (κ2) is 8.36. The van der Waals surface area contributed by atoms with E-state index in [4.69, 9.17) is 9.47 Å². The van der Waals surface area contributed by atoms with Crippen molar-refractivity contribution in [3.8, 4) is 0 Å². The van der Waals surface area contributed by atoms with Gasteiger partial charge in [0.25, 0.3) is 0 Å². The summed E-state index contributed by atoms with van der Waals surface area (Å²) in [6, 6.07) is 11.1. The Hall–Kier alpha value is -2.77. The maximum absolute atomic E-state index is 13.5. The van der Waals surface area contributed by atoms with Crippen molar-refractivity contribution in [1.29, 1.82) is 0 Å². The lowest BCUT2D eigenvalue weighted by Crippen LogP contribution is -2.53. The molecule has 3 aliphatic carbocycles. The molecular formula is C31H38N2O5. The lowest BCUT2D eigenvalue weighted by Gasteiger charge is -2.46. The van der Waals surface area contributed by atoms with Gasteiger partial charge in [-0.25, -0.2) is 4.79 Å². The monoisotopic (exact) mass is 518 g/mol. The number of pyridine rings is 1. The number of aliphatic hydroxyl groups excluding tert-OH is 1. The Morgan fingerprint density at radius 1 is 1.18 bits per heavy atom. The number of carbonyl (C=O) groups is 2. The van der Waals surface area contributed by atoms with E-state index in [1.165, 1.54) is 11.1 Å². The Morgan fingerprint density at radius 3 is 2.61 bits per heavy atom. The van der Waals surface area contributed by atoms with Crippen molar-refractivity contribution in [3.05, 3.63) is 65.5 Å². The molecule has 1 saturated heterocycles. The lowest BCUT2D eigenvalue weighted by molar-refractivity contribution is -0.173. The van der Waals surface area contributed by atoms with Crippen LogP contribution in [0.2, 0.25) is 0 Å². The van der Waals surface area contributed by atoms with Gasteiger partial charge in [-0.2, -0.15) is 0 Å². The summed E-state index contributed by atoms with van der Waals surface area (Å²) in [5.74, 6) is -0.423. The standard InChI is InChI=1S/C31H38N2O5/c1-6-9-24(34)33-25(19-12-14-32-15-13-19)26(35)27(36)37-23-16-22-28(3,4)29(23,5)30-17-18(2)20-10-7-8-11-21(20)31(22,30)38-30/h7-8,10-15,18,22-23,25-26,35H,6,9,16-17H2,1-5H3,(H,33,34)/t18?,22?,23?,25-,26+,29?,30-,31+/m0/s1. The number of nitrogens with zero attached hydrogens (tertiary/aromatic N) is 1. The predicted molar refractivity (Wildman–Crippen MR) is 141 cm³/mol. The van der Waals surface area contributed by atoms with E-state index in [1.54, 1.807) is 24.5 Å². The van der Waals surface area contributed by atoms with Gasteiger partial charge in [-0.05, 0) is 59.4 Å². The molecule has 1 amide bonds. The number of esters is 1. The van der Waals surface area contributed by atoms with E-state index >= 15 is 0 Å². The molecule has 0 radical (unpaired) electrons. The van der Waals surface area contributed by atoms with Gasteiger partial charge in [0, 0.05) is 30.1 Å². The number of fused-ring (bicyclic) bond motifs is 3. The summed E-state index contributed by atoms with van der Waals surface area (Å²) in [7, 11) is 0. The molecule has 1 aliphatic heterocycles. The van der Waals surface area contributed by atoms with Crippen LogP contribution in [0.1, 0.15) is 89.0 Å². The molecule has 0 spiro atoms. The van der Waals surface area contributed by atoms with E-state index in [0.717, 1.165) is 6.42 Å². The second-order valence-electron chi connectivity index (χ2n) is 12.5. The lowest BCUT2D eigenvalue weighted by atomic mass is 9.58. The number of aliphatic hydroxyl groups is 1. The van der Waals surface area contributed by atoms with Crippen molar-refractivity contribution < 1.29 is 24.2 Å². The van der Waals surface area contributed by atoms with Gasteiger partial charge in [0.05, 0.1) is 6.04 Å². The Morgan fingerprint density at radius 2 is 1.89 bits per heavy atom. The third-order valence-corrected chi connectivity index (χ3v) is 10.7. The fraction of sp³-hybridized carbons (Fsp3) is 0.581. The van der Waals surface area contributed by atoms with Gasteiger partial charge < -0.3 is 19.9 Å². The first-order chi connectivity index (χ1) is 18.0. The topological polar surface area (TPSA) is 101 Å². The van der Waals surface area contributed by atoms with Crippen molar-refractivity contribution >= 4 is 11.9 Å². The van der Waals surface area contributed by atoms with Gasteiger partial charge in [0.1, 0.15) is 17.3 Å². The highest BCUT2D eigenvalue weighted by atomic mass is 16.6. The summed E-state index contributed by atoms with van der Waals surface area (Å²) in [5, 5.41) is 14.1. The number of hydrogen-bond acceptors (Lipinski definition) is 6. The van der Waals surface area contributed by atoms with Gasteiger partial charge in [-0.3, -0.25) is 9.78 Å². The van der Waals surface area contributed by atoms with Crippen LogP contribution in [0.4, 0.5) is 0 Å². The zero-order valence-corrected chi connectivity index (χ0v) is 22.9. The molecule has 2 saturated carbocycles. The molecular weight excluding hydrogens is 480 g/mol. The van der Waals surface area contributed by atoms with Crippen molar-refractivity contribution in [2.24, 2.45) is 16.7 Å². The first-order valence-corrected chi connectivity index (χ1v) is 13.9. The van der Waals surface area contributed by atoms with Gasteiger partial charge in [-0.1, -0.05) is 58.9 Å². The summed E-state index contributed by atoms with van der Waals surface area (Å²) in [5.41, 5.74) is 1.94. The molecule has 2 heterocycles. The molecule has 202 valence electrons. The maximum Gasteiger partial charge on any atom is 0.337 e. The average molecular weight is 519 g/mol. The molecule has 4 aliphatic rings. The Balaban J connectivity index is 1.29. The van der Waals surface area contributed by atoms with Crippen molar-refractivity contribution in [1.82, 2.24) is 10.3 Å². The zero-order chi connectivity index (χ0) is 27.1. The van der Waals surface area contributed by atoms with Crippen LogP contribution in [-0.2, 0) is 24.7 Å². The molecule has 2 N–H and O–H groups in total. The highest BCUT2D eigenvalue weighted by Gasteiger charge is 2.95. The van der Waals surface area contributed by atoms with Gasteiger partial charge in [0.15, 0.2) is 6.10 Å². The Bertz CT molecular complexity index is 1280. The van der Waals surface area contributed by atoms with Crippen LogP contribution in [0.5, 0.6) is 0 Å². The minimum atomic E-state index is -1.54. The molecule has 1 aromatic carbocycles. The number of benzene rings is 1. The van der Waals surface area contributed by atoms with E-state index in [1.807, 2.05) is 6.92 Å². The number of nitrogens with one attached hydrogen (secondary N) is 1. The quantitative estimate of drug-likeness (QED) is 0.412. The number of aromatic nitrogens is 1. The van der Waals surface area contributed by atoms with E-state index in [2.05, 4.69) is 62.3 Å². The molecule has 8 atom stereocenters. The van der Waals surface area contributed by atoms with Crippen LogP contribution in [0.3, 0.4) is 0 Å². The van der Waals surface area contributed by atoms with Gasteiger partial charge >= 0.3 is 5.97 Å². The minimum absolute atomic E-state index is 0.141. The van der Waals surface area contributed by atoms with Crippen LogP contribution < -0.4 is 5.32 Å². The van der Waals surface area contributed by atoms with Gasteiger partial charge in [0.2, 0.25) is 5.91 Å². The molecule has 6 rings (SSSR count). The molecule has 2 bridgehead atoms. The molecule has 3 fully saturated rings. The summed E-state index contributed by atoms with van der Waals surface area (Å²) in [6.07, 6.45) is 3.74. The zero-order valence-electron chi connectivity index (χ0n) is 22.9. The predicted octanol–water partition coefficient (Wildman–Crippen LogP) is 4.55. The molecule has 38 heavy (non-hydrogen) atoms. The second-order valence-corrected chi connectivity index (χ2v) is 12.5. The Kier molecular flexibility index (Phi) is 5.61. The molecule has 7 heteroatoms. The fourth-order valence-corrected chi connectivity index (χ4v) is 8.64. The summed E-state index contributed by atoms with van der Waals surface area (Å²) >= 11 is 0. The number of ether oxygens (including phenoxy) is 2.